The second-order valence-electron chi connectivity index (χ2n) is 10.4. The van der Waals surface area contributed by atoms with Gasteiger partial charge in [0.2, 0.25) is 0 Å². The van der Waals surface area contributed by atoms with E-state index in [1.807, 2.05) is 42.5 Å². The molecule has 2 fully saturated rings. The number of carbonyl (C=O) groups is 1. The number of para-hydroxylation sites is 2. The molecule has 1 N–H and O–H groups in total. The summed E-state index contributed by atoms with van der Waals surface area (Å²) in [5.74, 6) is 0.353. The molecule has 38 heavy (non-hydrogen) atoms. The lowest BCUT2D eigenvalue weighted by molar-refractivity contribution is -0.129. The fourth-order valence-electron chi connectivity index (χ4n) is 5.82. The second-order valence-corrected chi connectivity index (χ2v) is 11.5. The molecule has 0 radical (unpaired) electrons. The molecule has 4 nitrogen and oxygen atoms in total. The first-order valence-corrected chi connectivity index (χ1v) is 14.3. The number of halogens is 1. The van der Waals surface area contributed by atoms with Gasteiger partial charge in [-0.2, -0.15) is 0 Å². The van der Waals surface area contributed by atoms with Crippen molar-refractivity contribution in [3.05, 3.63) is 107 Å². The average Bonchev–Trinajstić information content (AvgIpc) is 3.43. The van der Waals surface area contributed by atoms with Gasteiger partial charge in [-0.3, -0.25) is 4.79 Å². The molecule has 3 atom stereocenters. The Balaban J connectivity index is 1.35. The number of hydrogen-bond donors (Lipinski definition) is 1. The number of hydrogen-bond acceptors (Lipinski definition) is 3. The molecule has 2 aliphatic rings. The number of aromatic nitrogens is 1. The molecule has 1 amide bonds. The van der Waals surface area contributed by atoms with Crippen LogP contribution < -0.4 is 5.32 Å². The summed E-state index contributed by atoms with van der Waals surface area (Å²) in [4.78, 5) is 16.8. The third-order valence-corrected chi connectivity index (χ3v) is 8.91. The number of fused-ring (bicyclic) bond motifs is 1. The predicted molar refractivity (Wildman–Crippen MR) is 155 cm³/mol. The number of benzene rings is 3. The van der Waals surface area contributed by atoms with Crippen LogP contribution in [0.25, 0.3) is 17.0 Å². The summed E-state index contributed by atoms with van der Waals surface area (Å²) in [5.41, 5.74) is 4.02. The molecule has 3 aromatic carbocycles. The molecule has 1 aliphatic heterocycles. The van der Waals surface area contributed by atoms with E-state index in [-0.39, 0.29) is 23.3 Å². The van der Waals surface area contributed by atoms with E-state index in [0.717, 1.165) is 51.9 Å². The molecule has 6 rings (SSSR count). The van der Waals surface area contributed by atoms with Gasteiger partial charge in [-0.15, -0.1) is 0 Å². The lowest BCUT2D eigenvalue weighted by atomic mass is 9.85. The first-order chi connectivity index (χ1) is 18.6. The van der Waals surface area contributed by atoms with Crippen molar-refractivity contribution in [2.75, 3.05) is 5.32 Å². The fourth-order valence-corrected chi connectivity index (χ4v) is 7.02. The van der Waals surface area contributed by atoms with Crippen molar-refractivity contribution in [2.45, 2.75) is 50.7 Å². The SMILES string of the molecule is C[C@H]1CCCC[C@@H]1N1C(=O)/C(=C/c2cn(Cc3ccc(F)cc3)c3ccccc23)SC1Nc1ccccc1. The Morgan fingerprint density at radius 2 is 1.71 bits per heavy atom. The summed E-state index contributed by atoms with van der Waals surface area (Å²) in [6.45, 7) is 2.92. The van der Waals surface area contributed by atoms with Crippen LogP contribution in [0.4, 0.5) is 10.1 Å². The number of nitrogens with zero attached hydrogens (tertiary/aromatic N) is 2. The zero-order valence-electron chi connectivity index (χ0n) is 21.5. The van der Waals surface area contributed by atoms with E-state index in [1.165, 1.54) is 18.6 Å². The lowest BCUT2D eigenvalue weighted by Gasteiger charge is -2.39. The van der Waals surface area contributed by atoms with Gasteiger partial charge >= 0.3 is 0 Å². The van der Waals surface area contributed by atoms with Crippen LogP contribution in [0.2, 0.25) is 0 Å². The monoisotopic (exact) mass is 525 g/mol. The first-order valence-electron chi connectivity index (χ1n) is 13.4. The zero-order valence-corrected chi connectivity index (χ0v) is 22.3. The van der Waals surface area contributed by atoms with Crippen LogP contribution in [-0.2, 0) is 11.3 Å². The lowest BCUT2D eigenvalue weighted by Crippen LogP contribution is -2.48. The fraction of sp³-hybridized carbons (Fsp3) is 0.281. The van der Waals surface area contributed by atoms with Crippen molar-refractivity contribution in [2.24, 2.45) is 5.92 Å². The Kier molecular flexibility index (Phi) is 6.98. The van der Waals surface area contributed by atoms with Crippen LogP contribution in [0, 0.1) is 11.7 Å². The smallest absolute Gasteiger partial charge is 0.262 e. The molecule has 1 aliphatic carbocycles. The van der Waals surface area contributed by atoms with Crippen molar-refractivity contribution < 1.29 is 9.18 Å². The third kappa shape index (κ3) is 4.97. The Labute approximate surface area is 227 Å². The molecule has 194 valence electrons. The van der Waals surface area contributed by atoms with Gasteiger partial charge in [0.15, 0.2) is 5.50 Å². The van der Waals surface area contributed by atoms with Crippen LogP contribution in [0.5, 0.6) is 0 Å². The van der Waals surface area contributed by atoms with E-state index in [0.29, 0.717) is 12.5 Å². The maximum Gasteiger partial charge on any atom is 0.262 e. The summed E-state index contributed by atoms with van der Waals surface area (Å²) in [5, 5.41) is 4.73. The van der Waals surface area contributed by atoms with Crippen molar-refractivity contribution in [3.8, 4) is 0 Å². The van der Waals surface area contributed by atoms with E-state index >= 15 is 0 Å². The van der Waals surface area contributed by atoms with Gasteiger partial charge in [-0.25, -0.2) is 4.39 Å². The Morgan fingerprint density at radius 1 is 0.974 bits per heavy atom. The number of rotatable bonds is 6. The summed E-state index contributed by atoms with van der Waals surface area (Å²) in [6.07, 6.45) is 8.78. The molecular formula is C32H32FN3OS. The van der Waals surface area contributed by atoms with E-state index in [9.17, 15) is 9.18 Å². The standard InChI is InChI=1S/C32H32FN3OS/c1-22-9-5-7-13-28(22)36-31(37)30(38-32(36)34-26-10-3-2-4-11-26)19-24-21-35(29-14-8-6-12-27(24)29)20-23-15-17-25(33)18-16-23/h2-4,6,8,10-12,14-19,21-22,28,32,34H,5,7,9,13,20H2,1H3/b30-19-/t22-,28-,32?/m0/s1. The van der Waals surface area contributed by atoms with E-state index in [1.54, 1.807) is 11.8 Å². The minimum Gasteiger partial charge on any atom is -0.356 e. The Morgan fingerprint density at radius 3 is 2.50 bits per heavy atom. The number of nitrogens with one attached hydrogen (secondary N) is 1. The number of carbonyl (C=O) groups excluding carboxylic acids is 1. The molecular weight excluding hydrogens is 493 g/mol. The highest BCUT2D eigenvalue weighted by Crippen LogP contribution is 2.42. The number of amides is 1. The van der Waals surface area contributed by atoms with Crippen LogP contribution in [0.1, 0.15) is 43.7 Å². The molecule has 6 heteroatoms. The molecule has 4 aromatic rings. The summed E-state index contributed by atoms with van der Waals surface area (Å²) in [7, 11) is 0. The van der Waals surface area contributed by atoms with Crippen LogP contribution in [0.15, 0.2) is 90.0 Å². The molecule has 1 saturated carbocycles. The van der Waals surface area contributed by atoms with E-state index in [4.69, 9.17) is 0 Å². The maximum atomic E-state index is 14.0. The van der Waals surface area contributed by atoms with Gasteiger partial charge in [0.05, 0.1) is 4.91 Å². The Bertz CT molecular complexity index is 1460. The first kappa shape index (κ1) is 24.8. The quantitative estimate of drug-likeness (QED) is 0.262. The second kappa shape index (κ2) is 10.7. The average molecular weight is 526 g/mol. The number of anilines is 1. The van der Waals surface area contributed by atoms with Crippen LogP contribution in [0.3, 0.4) is 0 Å². The largest absolute Gasteiger partial charge is 0.356 e. The van der Waals surface area contributed by atoms with Crippen LogP contribution >= 0.6 is 11.8 Å². The molecule has 1 aromatic heterocycles. The molecule has 1 saturated heterocycles. The van der Waals surface area contributed by atoms with Gasteiger partial charge in [-0.1, -0.05) is 80.1 Å². The van der Waals surface area contributed by atoms with Crippen LogP contribution in [-0.4, -0.2) is 26.9 Å². The van der Waals surface area contributed by atoms with Crippen molar-refractivity contribution in [1.29, 1.82) is 0 Å². The van der Waals surface area contributed by atoms with Gasteiger partial charge < -0.3 is 14.8 Å². The normalized spacial score (nSPS) is 22.9. The highest BCUT2D eigenvalue weighted by molar-refractivity contribution is 8.05. The van der Waals surface area contributed by atoms with Gasteiger partial charge in [0.1, 0.15) is 5.82 Å². The highest BCUT2D eigenvalue weighted by Gasteiger charge is 2.43. The molecule has 1 unspecified atom stereocenters. The maximum absolute atomic E-state index is 14.0. The molecule has 0 spiro atoms. The topological polar surface area (TPSA) is 37.3 Å². The van der Waals surface area contributed by atoms with Gasteiger partial charge in [0, 0.05) is 40.9 Å². The minimum atomic E-state index is -0.233. The number of thioether (sulfide) groups is 1. The highest BCUT2D eigenvalue weighted by atomic mass is 32.2. The van der Waals surface area contributed by atoms with E-state index in [2.05, 4.69) is 58.2 Å². The zero-order chi connectivity index (χ0) is 26.1. The van der Waals surface area contributed by atoms with E-state index < -0.39 is 0 Å². The summed E-state index contributed by atoms with van der Waals surface area (Å²) in [6, 6.07) is 25.3. The molecule has 0 bridgehead atoms. The van der Waals surface area contributed by atoms with Crippen molar-refractivity contribution in [3.63, 3.8) is 0 Å². The Hall–Kier alpha value is -3.51. The molecule has 2 heterocycles. The summed E-state index contributed by atoms with van der Waals surface area (Å²) >= 11 is 1.61. The minimum absolute atomic E-state index is 0.109. The third-order valence-electron chi connectivity index (χ3n) is 7.80. The van der Waals surface area contributed by atoms with Gasteiger partial charge in [0.25, 0.3) is 5.91 Å². The predicted octanol–water partition coefficient (Wildman–Crippen LogP) is 7.72. The van der Waals surface area contributed by atoms with Crippen molar-refractivity contribution >= 4 is 40.3 Å². The van der Waals surface area contributed by atoms with Crippen molar-refractivity contribution in [1.82, 2.24) is 9.47 Å². The summed E-state index contributed by atoms with van der Waals surface area (Å²) < 4.78 is 15.6. The van der Waals surface area contributed by atoms with Gasteiger partial charge in [-0.05, 0) is 60.7 Å².